The maximum absolute atomic E-state index is 12.5. The van der Waals surface area contributed by atoms with Gasteiger partial charge in [-0.3, -0.25) is 4.79 Å². The van der Waals surface area contributed by atoms with Gasteiger partial charge >= 0.3 is 0 Å². The number of alkyl halides is 3. The van der Waals surface area contributed by atoms with E-state index in [1.165, 1.54) is 0 Å². The molecule has 0 saturated carbocycles. The van der Waals surface area contributed by atoms with E-state index in [0.29, 0.717) is 6.61 Å². The van der Waals surface area contributed by atoms with Crippen molar-refractivity contribution in [1.82, 2.24) is 5.32 Å². The molecule has 1 rings (SSSR count). The molecule has 1 amide bonds. The molecule has 0 aliphatic carbocycles. The molecule has 1 saturated heterocycles. The summed E-state index contributed by atoms with van der Waals surface area (Å²) >= 11 is 17.4. The highest BCUT2D eigenvalue weighted by atomic mass is 35.6. The summed E-state index contributed by atoms with van der Waals surface area (Å²) in [5.41, 5.74) is 0. The summed E-state index contributed by atoms with van der Waals surface area (Å²) in [6.45, 7) is 29.8. The first-order chi connectivity index (χ1) is 15.3. The number of hydrogen-bond donors (Lipinski definition) is 1. The minimum atomic E-state index is -2.24. The van der Waals surface area contributed by atoms with Crippen molar-refractivity contribution in [3.63, 3.8) is 0 Å². The summed E-state index contributed by atoms with van der Waals surface area (Å²) in [6.07, 6.45) is -0.0579. The second-order valence-corrected chi connectivity index (χ2v) is 24.6. The molecule has 0 radical (unpaired) electrons. The molecule has 206 valence electrons. The first kappa shape index (κ1) is 33.4. The molecule has 1 aliphatic heterocycles. The largest absolute Gasteiger partial charge is 0.414 e. The van der Waals surface area contributed by atoms with Crippen LogP contribution in [-0.4, -0.2) is 63.1 Å². The van der Waals surface area contributed by atoms with Crippen LogP contribution < -0.4 is 5.32 Å². The van der Waals surface area contributed by atoms with Gasteiger partial charge in [0.2, 0.25) is 0 Å². The number of carbonyl (C=O) groups excluding carboxylic acids is 1. The van der Waals surface area contributed by atoms with Gasteiger partial charge in [-0.25, -0.2) is 0 Å². The minimum absolute atomic E-state index is 0.0300. The molecule has 1 aliphatic rings. The minimum Gasteiger partial charge on any atom is -0.414 e. The fourth-order valence-electron chi connectivity index (χ4n) is 3.15. The molecule has 11 heteroatoms. The van der Waals surface area contributed by atoms with E-state index in [1.807, 2.05) is 13.8 Å². The van der Waals surface area contributed by atoms with E-state index in [9.17, 15) is 4.79 Å². The van der Waals surface area contributed by atoms with Crippen LogP contribution in [0.3, 0.4) is 0 Å². The van der Waals surface area contributed by atoms with Gasteiger partial charge in [-0.1, -0.05) is 82.4 Å². The number of hydrogen-bond acceptors (Lipinski definition) is 5. The Labute approximate surface area is 230 Å². The first-order valence-corrected chi connectivity index (χ1v) is 19.0. The van der Waals surface area contributed by atoms with Crippen molar-refractivity contribution in [2.24, 2.45) is 0 Å². The van der Waals surface area contributed by atoms with Crippen LogP contribution in [0.1, 0.15) is 55.4 Å². The monoisotopic (exact) mass is 589 g/mol. The van der Waals surface area contributed by atoms with Gasteiger partial charge in [0, 0.05) is 0 Å². The quantitative estimate of drug-likeness (QED) is 0.179. The van der Waals surface area contributed by atoms with Crippen LogP contribution in [0.4, 0.5) is 0 Å². The Morgan fingerprint density at radius 2 is 1.46 bits per heavy atom. The van der Waals surface area contributed by atoms with Gasteiger partial charge in [-0.15, -0.1) is 6.58 Å². The average molecular weight is 591 g/mol. The number of carbonyl (C=O) groups is 1. The molecule has 1 heterocycles. The Bertz CT molecular complexity index is 758. The number of rotatable bonds is 9. The Morgan fingerprint density at radius 1 is 1.00 bits per heavy atom. The molecule has 0 spiro atoms. The van der Waals surface area contributed by atoms with Gasteiger partial charge < -0.3 is 23.6 Å². The van der Waals surface area contributed by atoms with Crippen LogP contribution in [0.25, 0.3) is 0 Å². The summed E-state index contributed by atoms with van der Waals surface area (Å²) in [7, 11) is -4.32. The van der Waals surface area contributed by atoms with E-state index in [1.54, 1.807) is 6.08 Å². The molecule has 1 fully saturated rings. The summed E-state index contributed by atoms with van der Waals surface area (Å²) < 4.78 is 24.0. The average Bonchev–Trinajstić information content (AvgIpc) is 2.95. The van der Waals surface area contributed by atoms with Crippen molar-refractivity contribution in [3.8, 4) is 0 Å². The highest BCUT2D eigenvalue weighted by molar-refractivity contribution is 6.76. The lowest BCUT2D eigenvalue weighted by molar-refractivity contribution is -0.157. The highest BCUT2D eigenvalue weighted by Crippen LogP contribution is 2.42. The van der Waals surface area contributed by atoms with Gasteiger partial charge in [0.05, 0.1) is 18.8 Å². The summed E-state index contributed by atoms with van der Waals surface area (Å²) in [4.78, 5) is 12.5. The third-order valence-electron chi connectivity index (χ3n) is 7.36. The first-order valence-electron chi connectivity index (χ1n) is 12.0. The van der Waals surface area contributed by atoms with Crippen LogP contribution in [0.2, 0.25) is 36.3 Å². The normalized spacial score (nSPS) is 23.6. The zero-order chi connectivity index (χ0) is 27.8. The maximum atomic E-state index is 12.5. The van der Waals surface area contributed by atoms with E-state index >= 15 is 0 Å². The smallest absolute Gasteiger partial charge is 0.272 e. The van der Waals surface area contributed by atoms with Crippen molar-refractivity contribution in [3.05, 3.63) is 12.7 Å². The van der Waals surface area contributed by atoms with Gasteiger partial charge in [0.15, 0.2) is 22.4 Å². The molecule has 0 aromatic carbocycles. The van der Waals surface area contributed by atoms with Crippen molar-refractivity contribution < 1.29 is 23.1 Å². The Balaban J connectivity index is 3.41. The second-order valence-electron chi connectivity index (χ2n) is 12.8. The van der Waals surface area contributed by atoms with Crippen LogP contribution in [0.15, 0.2) is 12.7 Å². The molecule has 35 heavy (non-hydrogen) atoms. The maximum Gasteiger partial charge on any atom is 0.272 e. The number of ether oxygens (including phenoxy) is 2. The van der Waals surface area contributed by atoms with E-state index in [2.05, 4.69) is 79.6 Å². The van der Waals surface area contributed by atoms with Crippen molar-refractivity contribution in [2.45, 2.75) is 126 Å². The molecular formula is C24H46Cl3NO5Si2. The third kappa shape index (κ3) is 8.96. The van der Waals surface area contributed by atoms with Gasteiger partial charge in [-0.05, 0) is 50.1 Å². The topological polar surface area (TPSA) is 66.0 Å². The molecular weight excluding hydrogens is 545 g/mol. The highest BCUT2D eigenvalue weighted by Gasteiger charge is 2.52. The van der Waals surface area contributed by atoms with E-state index in [-0.39, 0.29) is 10.1 Å². The third-order valence-corrected chi connectivity index (χ3v) is 16.9. The fraction of sp³-hybridized carbons (Fsp3) is 0.875. The Morgan fingerprint density at radius 3 is 1.86 bits per heavy atom. The van der Waals surface area contributed by atoms with E-state index in [0.717, 1.165) is 0 Å². The van der Waals surface area contributed by atoms with Gasteiger partial charge in [0.25, 0.3) is 9.70 Å². The SMILES string of the molecule is C=C[C@H](NC(=O)C(Cl)(Cl)Cl)[C@@H]1OC(C)(C)O[C@@H]1[C@@H](CO[Si](C)(C)C(C)(C)C)O[Si](C)(C)C(C)(C)C. The lowest BCUT2D eigenvalue weighted by atomic mass is 10.0. The number of halogens is 3. The molecule has 4 atom stereocenters. The second kappa shape index (κ2) is 11.2. The Hall–Kier alpha value is 0.354. The van der Waals surface area contributed by atoms with Crippen molar-refractivity contribution in [1.29, 1.82) is 0 Å². The van der Waals surface area contributed by atoms with E-state index < -0.39 is 56.5 Å². The standard InChI is InChI=1S/C24H46Cl3NO5Si2/c1-14-16(28-20(29)24(25,26)27)18-19(32-23(8,9)31-18)17(33-35(12,13)22(5,6)7)15-30-34(10,11)21(2,3)4/h14,16-19H,1,15H2,2-13H3,(H,28,29)/t16-,17+,18-,19+/m0/s1. The van der Waals surface area contributed by atoms with Crippen LogP contribution in [0, 0.1) is 0 Å². The van der Waals surface area contributed by atoms with Crippen molar-refractivity contribution in [2.75, 3.05) is 6.61 Å². The predicted octanol–water partition coefficient (Wildman–Crippen LogP) is 6.96. The lowest BCUT2D eigenvalue weighted by Crippen LogP contribution is -2.56. The zero-order valence-corrected chi connectivity index (χ0v) is 27.7. The molecule has 0 unspecified atom stereocenters. The van der Waals surface area contributed by atoms with Gasteiger partial charge in [-0.2, -0.15) is 0 Å². The lowest BCUT2D eigenvalue weighted by Gasteiger charge is -2.43. The zero-order valence-electron chi connectivity index (χ0n) is 23.5. The number of amides is 1. The van der Waals surface area contributed by atoms with Crippen molar-refractivity contribution >= 4 is 57.3 Å². The predicted molar refractivity (Wildman–Crippen MR) is 151 cm³/mol. The van der Waals surface area contributed by atoms with Crippen LogP contribution in [0.5, 0.6) is 0 Å². The van der Waals surface area contributed by atoms with Crippen LogP contribution >= 0.6 is 34.8 Å². The Kier molecular flexibility index (Phi) is 10.7. The summed E-state index contributed by atoms with van der Waals surface area (Å²) in [5, 5.41) is 2.72. The summed E-state index contributed by atoms with van der Waals surface area (Å²) in [5.74, 6) is -1.69. The molecule has 1 N–H and O–H groups in total. The molecule has 6 nitrogen and oxygen atoms in total. The fourth-order valence-corrected chi connectivity index (χ4v) is 5.64. The molecule has 0 bridgehead atoms. The van der Waals surface area contributed by atoms with Gasteiger partial charge in [0.1, 0.15) is 12.2 Å². The van der Waals surface area contributed by atoms with Crippen LogP contribution in [-0.2, 0) is 23.1 Å². The molecule has 0 aromatic rings. The van der Waals surface area contributed by atoms with E-state index in [4.69, 9.17) is 53.1 Å². The molecule has 0 aromatic heterocycles. The number of nitrogens with one attached hydrogen (secondary N) is 1. The summed E-state index contributed by atoms with van der Waals surface area (Å²) in [6, 6.07) is -0.678.